The van der Waals surface area contributed by atoms with E-state index < -0.39 is 9.84 Å². The SMILES string of the molecule is CCN(c1nccc(C(=O)NC2CCCCCC2)n1)C1CCS(=O)(=O)C1. The summed E-state index contributed by atoms with van der Waals surface area (Å²) in [7, 11) is -2.98. The van der Waals surface area contributed by atoms with E-state index in [2.05, 4.69) is 15.3 Å². The second kappa shape index (κ2) is 8.33. The van der Waals surface area contributed by atoms with Crippen LogP contribution in [0.25, 0.3) is 0 Å². The molecule has 7 nitrogen and oxygen atoms in total. The summed E-state index contributed by atoms with van der Waals surface area (Å²) in [5.74, 6) is 0.595. The third-order valence-corrected chi connectivity index (χ3v) is 7.06. The molecule has 1 aromatic heterocycles. The molecule has 144 valence electrons. The molecule has 0 radical (unpaired) electrons. The largest absolute Gasteiger partial charge is 0.348 e. The standard InChI is InChI=1S/C18H28N4O3S/c1-2-22(15-10-12-26(24,25)13-15)18-19-11-9-16(21-18)17(23)20-14-7-5-3-4-6-8-14/h9,11,14-15H,2-8,10,12-13H2,1H3,(H,20,23). The summed E-state index contributed by atoms with van der Waals surface area (Å²) in [5.41, 5.74) is 0.346. The van der Waals surface area contributed by atoms with Crippen molar-refractivity contribution in [2.45, 2.75) is 64.0 Å². The van der Waals surface area contributed by atoms with E-state index in [0.29, 0.717) is 24.6 Å². The number of hydrogen-bond donors (Lipinski definition) is 1. The highest BCUT2D eigenvalue weighted by molar-refractivity contribution is 7.91. The Bertz CT molecular complexity index is 730. The molecule has 1 saturated carbocycles. The van der Waals surface area contributed by atoms with Gasteiger partial charge in [0.2, 0.25) is 5.95 Å². The van der Waals surface area contributed by atoms with Crippen molar-refractivity contribution in [3.8, 4) is 0 Å². The van der Waals surface area contributed by atoms with Crippen LogP contribution in [-0.2, 0) is 9.84 Å². The van der Waals surface area contributed by atoms with Crippen molar-refractivity contribution in [3.05, 3.63) is 18.0 Å². The number of rotatable bonds is 5. The molecule has 1 aliphatic heterocycles. The monoisotopic (exact) mass is 380 g/mol. The molecule has 1 N–H and O–H groups in total. The Morgan fingerprint density at radius 2 is 1.96 bits per heavy atom. The first kappa shape index (κ1) is 19.1. The van der Waals surface area contributed by atoms with Crippen molar-refractivity contribution in [1.29, 1.82) is 0 Å². The van der Waals surface area contributed by atoms with E-state index in [9.17, 15) is 13.2 Å². The van der Waals surface area contributed by atoms with Crippen LogP contribution in [0.2, 0.25) is 0 Å². The normalized spacial score (nSPS) is 23.3. The predicted octanol–water partition coefficient (Wildman–Crippen LogP) is 1.94. The highest BCUT2D eigenvalue weighted by Crippen LogP contribution is 2.22. The van der Waals surface area contributed by atoms with Crippen LogP contribution in [0.5, 0.6) is 0 Å². The van der Waals surface area contributed by atoms with Crippen molar-refractivity contribution in [3.63, 3.8) is 0 Å². The van der Waals surface area contributed by atoms with Gasteiger partial charge in [0, 0.05) is 24.8 Å². The molecule has 3 rings (SSSR count). The molecule has 1 aromatic rings. The second-order valence-corrected chi connectivity index (χ2v) is 9.48. The number of amides is 1. The Morgan fingerprint density at radius 3 is 2.58 bits per heavy atom. The lowest BCUT2D eigenvalue weighted by Gasteiger charge is -2.27. The zero-order chi connectivity index (χ0) is 18.6. The van der Waals surface area contributed by atoms with E-state index in [1.54, 1.807) is 12.3 Å². The number of nitrogens with zero attached hydrogens (tertiary/aromatic N) is 3. The molecule has 0 aromatic carbocycles. The molecule has 0 spiro atoms. The number of hydrogen-bond acceptors (Lipinski definition) is 6. The third-order valence-electron chi connectivity index (χ3n) is 5.31. The van der Waals surface area contributed by atoms with Crippen molar-refractivity contribution in [1.82, 2.24) is 15.3 Å². The number of carbonyl (C=O) groups is 1. The molecule has 1 atom stereocenters. The molecule has 1 aliphatic carbocycles. The molecular formula is C18H28N4O3S. The lowest BCUT2D eigenvalue weighted by Crippen LogP contribution is -2.38. The third kappa shape index (κ3) is 4.72. The Morgan fingerprint density at radius 1 is 1.23 bits per heavy atom. The van der Waals surface area contributed by atoms with E-state index in [1.807, 2.05) is 11.8 Å². The minimum atomic E-state index is -2.98. The first-order chi connectivity index (χ1) is 12.5. The van der Waals surface area contributed by atoms with Crippen LogP contribution in [0.3, 0.4) is 0 Å². The molecule has 2 fully saturated rings. The Kier molecular flexibility index (Phi) is 6.11. The van der Waals surface area contributed by atoms with Gasteiger partial charge in [-0.05, 0) is 32.3 Å². The minimum absolute atomic E-state index is 0.120. The lowest BCUT2D eigenvalue weighted by atomic mass is 10.1. The molecule has 2 aliphatic rings. The average molecular weight is 381 g/mol. The quantitative estimate of drug-likeness (QED) is 0.785. The summed E-state index contributed by atoms with van der Waals surface area (Å²) >= 11 is 0. The van der Waals surface area contributed by atoms with E-state index >= 15 is 0 Å². The highest BCUT2D eigenvalue weighted by Gasteiger charge is 2.33. The summed E-state index contributed by atoms with van der Waals surface area (Å²) in [6.45, 7) is 2.56. The van der Waals surface area contributed by atoms with E-state index in [1.165, 1.54) is 12.8 Å². The number of aromatic nitrogens is 2. The first-order valence-electron chi connectivity index (χ1n) is 9.59. The number of anilines is 1. The van der Waals surface area contributed by atoms with Crippen LogP contribution < -0.4 is 10.2 Å². The maximum atomic E-state index is 12.6. The molecule has 1 saturated heterocycles. The number of nitrogens with one attached hydrogen (secondary N) is 1. The topological polar surface area (TPSA) is 92.3 Å². The lowest BCUT2D eigenvalue weighted by molar-refractivity contribution is 0.0928. The molecular weight excluding hydrogens is 352 g/mol. The van der Waals surface area contributed by atoms with Crippen LogP contribution >= 0.6 is 0 Å². The fourth-order valence-corrected chi connectivity index (χ4v) is 5.61. The predicted molar refractivity (Wildman–Crippen MR) is 101 cm³/mol. The average Bonchev–Trinajstić information content (AvgIpc) is 2.82. The van der Waals surface area contributed by atoms with Gasteiger partial charge in [-0.2, -0.15) is 0 Å². The maximum Gasteiger partial charge on any atom is 0.270 e. The molecule has 26 heavy (non-hydrogen) atoms. The van der Waals surface area contributed by atoms with E-state index in [-0.39, 0.29) is 29.5 Å². The van der Waals surface area contributed by atoms with Crippen LogP contribution in [-0.4, -0.2) is 54.4 Å². The van der Waals surface area contributed by atoms with Crippen LogP contribution in [0.1, 0.15) is 62.4 Å². The number of sulfone groups is 1. The molecule has 1 amide bonds. The molecule has 8 heteroatoms. The van der Waals surface area contributed by atoms with Gasteiger partial charge < -0.3 is 10.2 Å². The molecule has 0 bridgehead atoms. The summed E-state index contributed by atoms with van der Waals surface area (Å²) in [5, 5.41) is 3.10. The van der Waals surface area contributed by atoms with Gasteiger partial charge in [-0.15, -0.1) is 0 Å². The summed E-state index contributed by atoms with van der Waals surface area (Å²) < 4.78 is 23.6. The van der Waals surface area contributed by atoms with E-state index in [4.69, 9.17) is 0 Å². The van der Waals surface area contributed by atoms with Gasteiger partial charge >= 0.3 is 0 Å². The van der Waals surface area contributed by atoms with Gasteiger partial charge in [0.05, 0.1) is 11.5 Å². The summed E-state index contributed by atoms with van der Waals surface area (Å²) in [6, 6.07) is 1.71. The number of carbonyl (C=O) groups excluding carboxylic acids is 1. The Balaban J connectivity index is 1.71. The molecule has 2 heterocycles. The van der Waals surface area contributed by atoms with Gasteiger partial charge in [0.15, 0.2) is 9.84 Å². The van der Waals surface area contributed by atoms with Crippen LogP contribution in [0.4, 0.5) is 5.95 Å². The summed E-state index contributed by atoms with van der Waals surface area (Å²) in [4.78, 5) is 23.2. The van der Waals surface area contributed by atoms with Crippen LogP contribution in [0.15, 0.2) is 12.3 Å². The van der Waals surface area contributed by atoms with Crippen molar-refractivity contribution in [2.24, 2.45) is 0 Å². The van der Waals surface area contributed by atoms with Gasteiger partial charge in [0.1, 0.15) is 5.69 Å². The van der Waals surface area contributed by atoms with Crippen molar-refractivity contribution >= 4 is 21.7 Å². The highest BCUT2D eigenvalue weighted by atomic mass is 32.2. The van der Waals surface area contributed by atoms with Crippen molar-refractivity contribution < 1.29 is 13.2 Å². The maximum absolute atomic E-state index is 12.6. The minimum Gasteiger partial charge on any atom is -0.348 e. The van der Waals surface area contributed by atoms with Gasteiger partial charge in [0.25, 0.3) is 5.91 Å². The Labute approximate surface area is 155 Å². The zero-order valence-corrected chi connectivity index (χ0v) is 16.2. The summed E-state index contributed by atoms with van der Waals surface area (Å²) in [6.07, 6.45) is 8.98. The van der Waals surface area contributed by atoms with Gasteiger partial charge in [-0.3, -0.25) is 4.79 Å². The van der Waals surface area contributed by atoms with E-state index in [0.717, 1.165) is 25.7 Å². The molecule has 1 unspecified atom stereocenters. The first-order valence-corrected chi connectivity index (χ1v) is 11.4. The van der Waals surface area contributed by atoms with Gasteiger partial charge in [-0.1, -0.05) is 25.7 Å². The Hall–Kier alpha value is -1.70. The van der Waals surface area contributed by atoms with Crippen LogP contribution in [0, 0.1) is 0 Å². The fraction of sp³-hybridized carbons (Fsp3) is 0.722. The van der Waals surface area contributed by atoms with Crippen molar-refractivity contribution in [2.75, 3.05) is 23.0 Å². The fourth-order valence-electron chi connectivity index (χ4n) is 3.88. The second-order valence-electron chi connectivity index (χ2n) is 7.25. The zero-order valence-electron chi connectivity index (χ0n) is 15.4. The smallest absolute Gasteiger partial charge is 0.270 e. The van der Waals surface area contributed by atoms with Gasteiger partial charge in [-0.25, -0.2) is 18.4 Å².